The Bertz CT molecular complexity index is 699. The molecule has 0 fully saturated rings. The highest BCUT2D eigenvalue weighted by atomic mass is 31.2. The third-order valence-electron chi connectivity index (χ3n) is 1.34. The average molecular weight is 712 g/mol. The van der Waals surface area contributed by atoms with E-state index in [-0.39, 0.29) is 0 Å². The van der Waals surface area contributed by atoms with Crippen molar-refractivity contribution in [2.75, 3.05) is 20.3 Å². The Morgan fingerprint density at radius 3 is 0.737 bits per heavy atom. The highest BCUT2D eigenvalue weighted by Crippen LogP contribution is 2.37. The summed E-state index contributed by atoms with van der Waals surface area (Å²) in [5.74, 6) is 0. The van der Waals surface area contributed by atoms with Gasteiger partial charge in [0.25, 0.3) is 0 Å². The molecule has 0 unspecified atom stereocenters. The molecule has 0 saturated heterocycles. The molecule has 0 atom stereocenters. The number of rotatable bonds is 1. The second kappa shape index (κ2) is 22.5. The van der Waals surface area contributed by atoms with Crippen molar-refractivity contribution in [2.24, 2.45) is 0 Å². The van der Waals surface area contributed by atoms with Gasteiger partial charge < -0.3 is 9.80 Å². The summed E-state index contributed by atoms with van der Waals surface area (Å²) in [6, 6.07) is 0. The third-order valence-corrected chi connectivity index (χ3v) is 1.34. The van der Waals surface area contributed by atoms with Crippen molar-refractivity contribution in [2.45, 2.75) is 6.92 Å². The number of nitrogens with zero attached hydrogens (tertiary/aromatic N) is 2. The molecular formula is C6H24F6N2O18P6. The average Bonchev–Trinajstić information content (AvgIpc) is 2.82. The van der Waals surface area contributed by atoms with Gasteiger partial charge in [0.05, 0.1) is 6.67 Å². The van der Waals surface area contributed by atoms with Gasteiger partial charge >= 0.3 is 47.4 Å². The summed E-state index contributed by atoms with van der Waals surface area (Å²) in [6.07, 6.45) is 4.20. The maximum Gasteiger partial charge on any atom is 0.507 e. The Morgan fingerprint density at radius 1 is 0.526 bits per heavy atom. The maximum atomic E-state index is 10.4. The molecule has 0 amide bonds. The third kappa shape index (κ3) is 371. The molecule has 0 spiro atoms. The van der Waals surface area contributed by atoms with Crippen molar-refractivity contribution in [1.29, 1.82) is 0 Å². The lowest BCUT2D eigenvalue weighted by atomic mass is 10.6. The minimum absolute atomic E-state index is 1.05. The van der Waals surface area contributed by atoms with Crippen molar-refractivity contribution in [3.05, 3.63) is 12.4 Å². The fourth-order valence-corrected chi connectivity index (χ4v) is 0.794. The monoisotopic (exact) mass is 712 g/mol. The van der Waals surface area contributed by atoms with Crippen LogP contribution >= 0.6 is 47.4 Å². The van der Waals surface area contributed by atoms with Crippen molar-refractivity contribution in [3.63, 3.8) is 0 Å². The smallest absolute Gasteiger partial charge is 0.362 e. The molecule has 0 radical (unpaired) electrons. The van der Waals surface area contributed by atoms with Crippen LogP contribution in [0, 0.1) is 0 Å². The first-order chi connectivity index (χ1) is 15.8. The van der Waals surface area contributed by atoms with Crippen LogP contribution in [0.4, 0.5) is 25.2 Å². The van der Waals surface area contributed by atoms with Gasteiger partial charge in [-0.25, -0.2) is 27.4 Å². The van der Waals surface area contributed by atoms with E-state index in [0.717, 1.165) is 13.2 Å². The lowest BCUT2D eigenvalue weighted by Gasteiger charge is -2.14. The highest BCUT2D eigenvalue weighted by Gasteiger charge is 2.07. The first-order valence-corrected chi connectivity index (χ1v) is 16.5. The van der Waals surface area contributed by atoms with Crippen LogP contribution in [-0.2, 0) is 27.4 Å². The van der Waals surface area contributed by atoms with Gasteiger partial charge in [-0.2, -0.15) is 0 Å². The Labute approximate surface area is 208 Å². The minimum atomic E-state index is -5.14. The topological polar surface area (TPSA) is 352 Å². The van der Waals surface area contributed by atoms with Crippen LogP contribution in [0.2, 0.25) is 0 Å². The predicted molar refractivity (Wildman–Crippen MR) is 113 cm³/mol. The molecule has 32 heteroatoms. The van der Waals surface area contributed by atoms with Crippen molar-refractivity contribution in [3.8, 4) is 0 Å². The van der Waals surface area contributed by atoms with Gasteiger partial charge in [0.15, 0.2) is 0 Å². The molecule has 38 heavy (non-hydrogen) atoms. The molecule has 0 aromatic rings. The van der Waals surface area contributed by atoms with Crippen LogP contribution in [0.15, 0.2) is 12.4 Å². The Hall–Kier alpha value is -0.180. The van der Waals surface area contributed by atoms with Crippen LogP contribution in [0.3, 0.4) is 0 Å². The summed E-state index contributed by atoms with van der Waals surface area (Å²) in [5.41, 5.74) is 0. The van der Waals surface area contributed by atoms with Crippen LogP contribution in [-0.4, -0.2) is 88.8 Å². The molecular weight excluding hydrogens is 688 g/mol. The fraction of sp³-hybridized carbons (Fsp3) is 0.667. The minimum Gasteiger partial charge on any atom is -0.362 e. The van der Waals surface area contributed by atoms with E-state index in [4.69, 9.17) is 86.1 Å². The van der Waals surface area contributed by atoms with Crippen LogP contribution in [0.25, 0.3) is 0 Å². The van der Waals surface area contributed by atoms with E-state index in [1.54, 1.807) is 0 Å². The largest absolute Gasteiger partial charge is 0.507 e. The van der Waals surface area contributed by atoms with Gasteiger partial charge in [0, 0.05) is 26.0 Å². The van der Waals surface area contributed by atoms with Gasteiger partial charge in [-0.3, -0.25) is 58.7 Å². The molecule has 0 aromatic heterocycles. The van der Waals surface area contributed by atoms with E-state index >= 15 is 0 Å². The molecule has 1 rings (SSSR count). The van der Waals surface area contributed by atoms with E-state index in [9.17, 15) is 25.2 Å². The number of hydrogen-bond donors (Lipinski definition) is 12. The molecule has 0 aromatic carbocycles. The number of halogens is 6. The van der Waals surface area contributed by atoms with Gasteiger partial charge in [-0.15, -0.1) is 25.2 Å². The summed E-state index contributed by atoms with van der Waals surface area (Å²) < 4.78 is 114. The summed E-state index contributed by atoms with van der Waals surface area (Å²) in [4.78, 5) is 88.0. The van der Waals surface area contributed by atoms with E-state index < -0.39 is 47.4 Å². The first kappa shape index (κ1) is 50.6. The standard InChI is InChI=1S/C6H12N2.6FH2O3P/c1-3-8-5-4-7(2)6-8;6*1-5(2,3)4/h4-5H,3,6H2,1-2H3;6*(H2,2,3,4). The molecule has 1 heterocycles. The SMILES string of the molecule is CCN1C=CN(C)C1.O=P(O)(O)F.O=P(O)(O)F.O=P(O)(O)F.O=P(O)(O)F.O=P(O)(O)F.O=P(O)(O)F. The van der Waals surface area contributed by atoms with E-state index in [1.807, 2.05) is 0 Å². The molecule has 0 aliphatic carbocycles. The highest BCUT2D eigenvalue weighted by molar-refractivity contribution is 7.46. The zero-order chi connectivity index (χ0) is 33.0. The number of hydrogen-bond acceptors (Lipinski definition) is 8. The van der Waals surface area contributed by atoms with Crippen molar-refractivity contribution >= 4 is 47.4 Å². The molecule has 20 nitrogen and oxygen atoms in total. The summed E-state index contributed by atoms with van der Waals surface area (Å²) in [7, 11) is -28.8. The Kier molecular flexibility index (Phi) is 30.0. The van der Waals surface area contributed by atoms with Gasteiger partial charge in [0.2, 0.25) is 0 Å². The molecule has 0 saturated carbocycles. The molecule has 0 bridgehead atoms. The van der Waals surface area contributed by atoms with Gasteiger partial charge in [-0.1, -0.05) is 0 Å². The van der Waals surface area contributed by atoms with Crippen LogP contribution in [0.1, 0.15) is 6.92 Å². The normalized spacial score (nSPS) is 13.2. The molecule has 1 aliphatic heterocycles. The van der Waals surface area contributed by atoms with E-state index in [1.165, 1.54) is 0 Å². The zero-order valence-corrected chi connectivity index (χ0v) is 23.6. The second-order valence-corrected chi connectivity index (χ2v) is 10.6. The molecule has 12 N–H and O–H groups in total. The van der Waals surface area contributed by atoms with Gasteiger partial charge in [0.1, 0.15) is 0 Å². The van der Waals surface area contributed by atoms with Crippen molar-refractivity contribution in [1.82, 2.24) is 9.80 Å². The summed E-state index contributed by atoms with van der Waals surface area (Å²) in [5, 5.41) is 0. The van der Waals surface area contributed by atoms with Crippen molar-refractivity contribution < 1.29 is 111 Å². The molecule has 238 valence electrons. The lowest BCUT2D eigenvalue weighted by Crippen LogP contribution is -2.21. The van der Waals surface area contributed by atoms with Crippen LogP contribution in [0.5, 0.6) is 0 Å². The lowest BCUT2D eigenvalue weighted by molar-refractivity contribution is 0.308. The summed E-state index contributed by atoms with van der Waals surface area (Å²) >= 11 is 0. The Balaban J connectivity index is -0.0000000795. The Morgan fingerprint density at radius 2 is 0.684 bits per heavy atom. The van der Waals surface area contributed by atoms with Crippen LogP contribution < -0.4 is 0 Å². The molecule has 1 aliphatic rings. The quantitative estimate of drug-likeness (QED) is 0.133. The van der Waals surface area contributed by atoms with E-state index in [2.05, 4.69) is 36.2 Å². The fourth-order valence-electron chi connectivity index (χ4n) is 0.794. The summed E-state index contributed by atoms with van der Waals surface area (Å²) in [6.45, 7) is 4.32. The predicted octanol–water partition coefficient (Wildman–Crippen LogP) is 0.974. The van der Waals surface area contributed by atoms with Gasteiger partial charge in [-0.05, 0) is 6.92 Å². The van der Waals surface area contributed by atoms with E-state index in [0.29, 0.717) is 0 Å². The zero-order valence-electron chi connectivity index (χ0n) is 18.2. The second-order valence-electron chi connectivity index (χ2n) is 4.94. The first-order valence-electron chi connectivity index (χ1n) is 7.46. The maximum absolute atomic E-state index is 10.4.